The van der Waals surface area contributed by atoms with E-state index in [0.29, 0.717) is 0 Å². The van der Waals surface area contributed by atoms with Crippen molar-refractivity contribution in [3.63, 3.8) is 0 Å². The van der Waals surface area contributed by atoms with E-state index < -0.39 is 0 Å². The van der Waals surface area contributed by atoms with Crippen molar-refractivity contribution in [3.05, 3.63) is 66.0 Å². The number of para-hydroxylation sites is 1. The van der Waals surface area contributed by atoms with Crippen LogP contribution in [0.2, 0.25) is 0 Å². The minimum absolute atomic E-state index is 0.0161. The summed E-state index contributed by atoms with van der Waals surface area (Å²) in [6.45, 7) is 1.90. The highest BCUT2D eigenvalue weighted by molar-refractivity contribution is 8.02. The highest BCUT2D eigenvalue weighted by Crippen LogP contribution is 2.31. The Morgan fingerprint density at radius 3 is 2.43 bits per heavy atom. The number of thioether (sulfide) groups is 1. The monoisotopic (exact) mass is 340 g/mol. The molecule has 1 N–H and O–H groups in total. The van der Waals surface area contributed by atoms with Crippen molar-refractivity contribution in [2.45, 2.75) is 16.5 Å². The van der Waals surface area contributed by atoms with Gasteiger partial charge in [-0.1, -0.05) is 60.3 Å². The lowest BCUT2D eigenvalue weighted by Gasteiger charge is -2.10. The van der Waals surface area contributed by atoms with Gasteiger partial charge in [0.15, 0.2) is 4.34 Å². The second-order valence-electron chi connectivity index (χ2n) is 4.98. The molecule has 0 aliphatic carbocycles. The average Bonchev–Trinajstić information content (AvgIpc) is 3.05. The number of benzene rings is 2. The Morgan fingerprint density at radius 1 is 1.09 bits per heavy atom. The first-order valence-electron chi connectivity index (χ1n) is 7.26. The van der Waals surface area contributed by atoms with E-state index in [-0.39, 0.29) is 11.2 Å². The minimum atomic E-state index is -0.204. The maximum Gasteiger partial charge on any atom is 0.237 e. The van der Waals surface area contributed by atoms with Gasteiger partial charge in [-0.3, -0.25) is 4.79 Å². The quantitative estimate of drug-likeness (QED) is 0.670. The molecule has 0 aliphatic rings. The van der Waals surface area contributed by atoms with Gasteiger partial charge in [-0.2, -0.15) is 0 Å². The van der Waals surface area contributed by atoms with E-state index in [1.807, 2.05) is 73.0 Å². The highest BCUT2D eigenvalue weighted by atomic mass is 32.2. The maximum absolute atomic E-state index is 12.2. The summed E-state index contributed by atoms with van der Waals surface area (Å²) >= 11 is 3.05. The molecule has 0 bridgehead atoms. The number of hydrogen-bond donors (Lipinski definition) is 1. The van der Waals surface area contributed by atoms with Gasteiger partial charge in [-0.25, -0.2) is 4.98 Å². The number of aromatic nitrogens is 1. The molecule has 1 heterocycles. The first-order valence-corrected chi connectivity index (χ1v) is 9.02. The summed E-state index contributed by atoms with van der Waals surface area (Å²) in [7, 11) is 0. The van der Waals surface area contributed by atoms with Crippen molar-refractivity contribution >= 4 is 34.7 Å². The first-order chi connectivity index (χ1) is 11.2. The number of thiazole rings is 1. The number of amides is 1. The Morgan fingerprint density at radius 2 is 1.74 bits per heavy atom. The first kappa shape index (κ1) is 15.8. The lowest BCUT2D eigenvalue weighted by atomic mass is 10.2. The van der Waals surface area contributed by atoms with E-state index >= 15 is 0 Å². The Kier molecular flexibility index (Phi) is 5.10. The van der Waals surface area contributed by atoms with Crippen molar-refractivity contribution in [1.29, 1.82) is 0 Å². The van der Waals surface area contributed by atoms with Gasteiger partial charge in [0, 0.05) is 16.6 Å². The summed E-state index contributed by atoms with van der Waals surface area (Å²) in [5, 5.41) is 4.74. The molecule has 0 radical (unpaired) electrons. The Balaban J connectivity index is 1.63. The number of hydrogen-bond acceptors (Lipinski definition) is 4. The largest absolute Gasteiger partial charge is 0.325 e. The Hall–Kier alpha value is -2.11. The second kappa shape index (κ2) is 7.44. The number of anilines is 1. The third-order valence-corrected chi connectivity index (χ3v) is 5.31. The fraction of sp³-hybridized carbons (Fsp3) is 0.111. The summed E-state index contributed by atoms with van der Waals surface area (Å²) in [5.74, 6) is -0.0161. The molecule has 116 valence electrons. The maximum atomic E-state index is 12.2. The van der Waals surface area contributed by atoms with Crippen LogP contribution in [0.4, 0.5) is 5.69 Å². The molecule has 0 saturated heterocycles. The van der Waals surface area contributed by atoms with Crippen LogP contribution in [0.5, 0.6) is 0 Å². The van der Waals surface area contributed by atoms with Gasteiger partial charge in [0.05, 0.1) is 10.9 Å². The molecule has 5 heteroatoms. The molecule has 1 atom stereocenters. The van der Waals surface area contributed by atoms with Crippen LogP contribution in [-0.2, 0) is 4.79 Å². The zero-order valence-corrected chi connectivity index (χ0v) is 14.2. The summed E-state index contributed by atoms with van der Waals surface area (Å²) in [4.78, 5) is 16.8. The van der Waals surface area contributed by atoms with Gasteiger partial charge in [0.25, 0.3) is 0 Å². The van der Waals surface area contributed by atoms with Crippen LogP contribution in [0.25, 0.3) is 11.3 Å². The fourth-order valence-electron chi connectivity index (χ4n) is 2.02. The van der Waals surface area contributed by atoms with E-state index in [1.165, 1.54) is 11.8 Å². The summed E-state index contributed by atoms with van der Waals surface area (Å²) < 4.78 is 0.902. The predicted octanol–water partition coefficient (Wildman–Crippen LogP) is 4.93. The SMILES string of the molecule is C[C@H](Sc1nc(-c2ccccc2)cs1)C(=O)Nc1ccccc1. The second-order valence-corrected chi connectivity index (χ2v) is 7.43. The van der Waals surface area contributed by atoms with Gasteiger partial charge in [-0.15, -0.1) is 11.3 Å². The lowest BCUT2D eigenvalue weighted by molar-refractivity contribution is -0.115. The number of nitrogens with zero attached hydrogens (tertiary/aromatic N) is 1. The van der Waals surface area contributed by atoms with E-state index in [4.69, 9.17) is 0 Å². The molecule has 1 amide bonds. The van der Waals surface area contributed by atoms with Gasteiger partial charge < -0.3 is 5.32 Å². The Bertz CT molecular complexity index is 772. The molecule has 1 aromatic heterocycles. The van der Waals surface area contributed by atoms with Crippen molar-refractivity contribution in [3.8, 4) is 11.3 Å². The predicted molar refractivity (Wildman–Crippen MR) is 97.9 cm³/mol. The minimum Gasteiger partial charge on any atom is -0.325 e. The molecule has 3 nitrogen and oxygen atoms in total. The van der Waals surface area contributed by atoms with Gasteiger partial charge in [0.1, 0.15) is 0 Å². The summed E-state index contributed by atoms with van der Waals surface area (Å²) in [6.07, 6.45) is 0. The van der Waals surface area contributed by atoms with Crippen LogP contribution < -0.4 is 5.32 Å². The van der Waals surface area contributed by atoms with E-state index in [0.717, 1.165) is 21.3 Å². The molecule has 3 aromatic rings. The smallest absolute Gasteiger partial charge is 0.237 e. The molecular weight excluding hydrogens is 324 g/mol. The fourth-order valence-corrected chi connectivity index (χ4v) is 3.99. The molecule has 3 rings (SSSR count). The lowest BCUT2D eigenvalue weighted by Crippen LogP contribution is -2.22. The van der Waals surface area contributed by atoms with Crippen LogP contribution in [0, 0.1) is 0 Å². The van der Waals surface area contributed by atoms with Gasteiger partial charge >= 0.3 is 0 Å². The standard InChI is InChI=1S/C18H16N2OS2/c1-13(17(21)19-15-10-6-3-7-11-15)23-18-20-16(12-22-18)14-8-4-2-5-9-14/h2-13H,1H3,(H,19,21)/t13-/m0/s1. The molecule has 0 fully saturated rings. The molecule has 2 aromatic carbocycles. The van der Waals surface area contributed by atoms with Crippen LogP contribution in [0.15, 0.2) is 70.4 Å². The van der Waals surface area contributed by atoms with Crippen molar-refractivity contribution < 1.29 is 4.79 Å². The summed E-state index contributed by atoms with van der Waals surface area (Å²) in [6, 6.07) is 19.5. The number of rotatable bonds is 5. The van der Waals surface area contributed by atoms with Crippen LogP contribution >= 0.6 is 23.1 Å². The van der Waals surface area contributed by atoms with Crippen LogP contribution in [0.1, 0.15) is 6.92 Å². The third-order valence-electron chi connectivity index (χ3n) is 3.24. The Labute approximate surface area is 143 Å². The summed E-state index contributed by atoms with van der Waals surface area (Å²) in [5.41, 5.74) is 2.86. The normalized spacial score (nSPS) is 11.9. The molecule has 0 unspecified atom stereocenters. The molecule has 0 saturated carbocycles. The van der Waals surface area contributed by atoms with Crippen molar-refractivity contribution in [2.75, 3.05) is 5.32 Å². The van der Waals surface area contributed by atoms with E-state index in [9.17, 15) is 4.79 Å². The van der Waals surface area contributed by atoms with Crippen LogP contribution in [-0.4, -0.2) is 16.1 Å². The highest BCUT2D eigenvalue weighted by Gasteiger charge is 2.16. The number of carbonyl (C=O) groups excluding carboxylic acids is 1. The van der Waals surface area contributed by atoms with Crippen molar-refractivity contribution in [1.82, 2.24) is 4.98 Å². The van der Waals surface area contributed by atoms with Gasteiger partial charge in [0.2, 0.25) is 5.91 Å². The van der Waals surface area contributed by atoms with E-state index in [2.05, 4.69) is 10.3 Å². The third kappa shape index (κ3) is 4.21. The number of carbonyl (C=O) groups is 1. The van der Waals surface area contributed by atoms with Crippen molar-refractivity contribution in [2.24, 2.45) is 0 Å². The zero-order chi connectivity index (χ0) is 16.1. The van der Waals surface area contributed by atoms with E-state index in [1.54, 1.807) is 11.3 Å². The molecule has 23 heavy (non-hydrogen) atoms. The number of nitrogens with one attached hydrogen (secondary N) is 1. The molecular formula is C18H16N2OS2. The topological polar surface area (TPSA) is 42.0 Å². The zero-order valence-electron chi connectivity index (χ0n) is 12.6. The molecule has 0 aliphatic heterocycles. The van der Waals surface area contributed by atoms with Crippen LogP contribution in [0.3, 0.4) is 0 Å². The average molecular weight is 340 g/mol. The van der Waals surface area contributed by atoms with Gasteiger partial charge in [-0.05, 0) is 19.1 Å². The molecule has 0 spiro atoms.